The largest absolute Gasteiger partial charge is 0.444 e. The lowest BCUT2D eigenvalue weighted by Crippen LogP contribution is -2.57. The summed E-state index contributed by atoms with van der Waals surface area (Å²) in [7, 11) is 0. The van der Waals surface area contributed by atoms with E-state index in [2.05, 4.69) is 22.3 Å². The second kappa shape index (κ2) is 14.0. The number of amides is 3. The summed E-state index contributed by atoms with van der Waals surface area (Å²) in [6.07, 6.45) is 5.84. The molecule has 0 bridgehead atoms. The van der Waals surface area contributed by atoms with Gasteiger partial charge in [-0.15, -0.1) is 11.8 Å². The minimum Gasteiger partial charge on any atom is -0.444 e. The van der Waals surface area contributed by atoms with Gasteiger partial charge in [-0.3, -0.25) is 14.5 Å². The first-order valence-electron chi connectivity index (χ1n) is 14.1. The Kier molecular flexibility index (Phi) is 10.7. The molecule has 2 atom stereocenters. The monoisotopic (exact) mass is 575 g/mol. The van der Waals surface area contributed by atoms with E-state index in [4.69, 9.17) is 4.74 Å². The number of benzene rings is 1. The van der Waals surface area contributed by atoms with E-state index < -0.39 is 23.1 Å². The number of nitrogens with one attached hydrogen (secondary N) is 1. The highest BCUT2D eigenvalue weighted by Crippen LogP contribution is 2.30. The van der Waals surface area contributed by atoms with E-state index >= 15 is 0 Å². The van der Waals surface area contributed by atoms with Gasteiger partial charge in [0.25, 0.3) is 5.91 Å². The van der Waals surface area contributed by atoms with Crippen LogP contribution in [0.15, 0.2) is 30.3 Å². The molecule has 1 unspecified atom stereocenters. The zero-order valence-corrected chi connectivity index (χ0v) is 25.1. The number of carbonyl (C=O) groups excluding carboxylic acids is 3. The molecule has 1 N–H and O–H groups in total. The first-order valence-corrected chi connectivity index (χ1v) is 16.3. The van der Waals surface area contributed by atoms with Crippen molar-refractivity contribution in [2.45, 2.75) is 69.9 Å². The van der Waals surface area contributed by atoms with Crippen molar-refractivity contribution in [1.82, 2.24) is 15.1 Å². The average Bonchev–Trinajstić information content (AvgIpc) is 3.43. The van der Waals surface area contributed by atoms with E-state index in [0.29, 0.717) is 30.5 Å². The maximum Gasteiger partial charge on any atom is 0.411 e. The molecule has 3 fully saturated rings. The van der Waals surface area contributed by atoms with Gasteiger partial charge in [0.2, 0.25) is 5.91 Å². The molecule has 1 aliphatic carbocycles. The van der Waals surface area contributed by atoms with Gasteiger partial charge in [-0.25, -0.2) is 4.79 Å². The van der Waals surface area contributed by atoms with Gasteiger partial charge in [-0.05, 0) is 57.4 Å². The number of anilines is 1. The molecule has 4 rings (SSSR count). The number of carbonyl (C=O) groups is 3. The number of nitrogens with zero attached hydrogens (tertiary/aromatic N) is 3. The van der Waals surface area contributed by atoms with Gasteiger partial charge < -0.3 is 19.9 Å². The van der Waals surface area contributed by atoms with Crippen LogP contribution in [-0.2, 0) is 14.3 Å². The summed E-state index contributed by atoms with van der Waals surface area (Å²) in [6, 6.07) is 9.62. The van der Waals surface area contributed by atoms with Crippen LogP contribution in [0.25, 0.3) is 0 Å². The maximum absolute atomic E-state index is 13.7. The SMILES string of the molecule is CC(C)(C)OC(=O)N1[CH]CSC1C(=O)N[C@@H](CSCC1CCCCC1)C(=O)N1CCN(c2ccccc2)CC1. The summed E-state index contributed by atoms with van der Waals surface area (Å²) < 4.78 is 5.51. The smallest absolute Gasteiger partial charge is 0.411 e. The van der Waals surface area contributed by atoms with Crippen molar-refractivity contribution >= 4 is 47.1 Å². The Labute approximate surface area is 241 Å². The van der Waals surface area contributed by atoms with Crippen molar-refractivity contribution < 1.29 is 19.1 Å². The van der Waals surface area contributed by atoms with Crippen LogP contribution >= 0.6 is 23.5 Å². The van der Waals surface area contributed by atoms with Gasteiger partial charge in [0, 0.05) is 43.4 Å². The van der Waals surface area contributed by atoms with Crippen LogP contribution in [0.2, 0.25) is 0 Å². The molecule has 2 saturated heterocycles. The molecule has 1 saturated carbocycles. The maximum atomic E-state index is 13.7. The van der Waals surface area contributed by atoms with Gasteiger partial charge in [0.1, 0.15) is 11.6 Å². The van der Waals surface area contributed by atoms with Gasteiger partial charge in [-0.1, -0.05) is 37.5 Å². The Hall–Kier alpha value is -2.07. The lowest BCUT2D eigenvalue weighted by molar-refractivity contribution is -0.136. The molecule has 1 radical (unpaired) electrons. The summed E-state index contributed by atoms with van der Waals surface area (Å²) >= 11 is 3.13. The molecule has 10 heteroatoms. The molecule has 2 aliphatic heterocycles. The highest BCUT2D eigenvalue weighted by Gasteiger charge is 2.39. The summed E-state index contributed by atoms with van der Waals surface area (Å²) in [5.74, 6) is 2.41. The lowest BCUT2D eigenvalue weighted by Gasteiger charge is -2.38. The molecular formula is C29H43N4O4S2. The second-order valence-electron chi connectivity index (χ2n) is 11.5. The Balaban J connectivity index is 1.38. The van der Waals surface area contributed by atoms with E-state index in [1.807, 2.05) is 23.1 Å². The zero-order valence-electron chi connectivity index (χ0n) is 23.5. The summed E-state index contributed by atoms with van der Waals surface area (Å²) in [4.78, 5) is 45.4. The van der Waals surface area contributed by atoms with E-state index in [1.54, 1.807) is 39.1 Å². The summed E-state index contributed by atoms with van der Waals surface area (Å²) in [5.41, 5.74) is 0.504. The van der Waals surface area contributed by atoms with Crippen LogP contribution in [0.1, 0.15) is 52.9 Å². The van der Waals surface area contributed by atoms with Crippen LogP contribution in [-0.4, -0.2) is 88.2 Å². The normalized spacial score (nSPS) is 21.5. The third-order valence-corrected chi connectivity index (χ3v) is 9.67. The number of para-hydroxylation sites is 1. The van der Waals surface area contributed by atoms with Gasteiger partial charge in [-0.2, -0.15) is 11.8 Å². The van der Waals surface area contributed by atoms with Gasteiger partial charge in [0.15, 0.2) is 5.37 Å². The number of hydrogen-bond donors (Lipinski definition) is 1. The van der Waals surface area contributed by atoms with Crippen LogP contribution in [0.4, 0.5) is 10.5 Å². The predicted molar refractivity (Wildman–Crippen MR) is 160 cm³/mol. The van der Waals surface area contributed by atoms with Crippen molar-refractivity contribution in [1.29, 1.82) is 0 Å². The molecule has 3 aliphatic rings. The number of piperazine rings is 1. The molecule has 2 heterocycles. The van der Waals surface area contributed by atoms with Crippen molar-refractivity contribution in [3.63, 3.8) is 0 Å². The molecule has 1 aromatic carbocycles. The van der Waals surface area contributed by atoms with Crippen molar-refractivity contribution in [2.75, 3.05) is 48.3 Å². The van der Waals surface area contributed by atoms with Gasteiger partial charge in [0.05, 0.1) is 6.54 Å². The second-order valence-corrected chi connectivity index (χ2v) is 13.7. The molecule has 39 heavy (non-hydrogen) atoms. The Bertz CT molecular complexity index is 960. The minimum absolute atomic E-state index is 0.0389. The molecule has 215 valence electrons. The Morgan fingerprint density at radius 3 is 2.41 bits per heavy atom. The van der Waals surface area contributed by atoms with E-state index in [0.717, 1.165) is 24.5 Å². The molecule has 0 spiro atoms. The molecule has 8 nitrogen and oxygen atoms in total. The third-order valence-electron chi connectivity index (χ3n) is 7.30. The summed E-state index contributed by atoms with van der Waals surface area (Å²) in [6.45, 7) is 9.85. The van der Waals surface area contributed by atoms with Crippen molar-refractivity contribution in [2.24, 2.45) is 5.92 Å². The molecule has 1 aromatic rings. The van der Waals surface area contributed by atoms with Crippen LogP contribution in [0.5, 0.6) is 0 Å². The first kappa shape index (κ1) is 29.9. The quantitative estimate of drug-likeness (QED) is 0.485. The van der Waals surface area contributed by atoms with Crippen LogP contribution < -0.4 is 10.2 Å². The molecular weight excluding hydrogens is 532 g/mol. The molecule has 0 aromatic heterocycles. The Morgan fingerprint density at radius 1 is 1.05 bits per heavy atom. The third kappa shape index (κ3) is 8.71. The standard InChI is InChI=1S/C29H43N4O4S2/c1-29(2,3)37-28(36)33-18-19-39-27(33)25(34)30-24(21-38-20-22-10-6-4-7-11-22)26(35)32-16-14-31(15-17-32)23-12-8-5-9-13-23/h5,8-9,12-13,18,22,24,27H,4,6-7,10-11,14-17,19-21H2,1-3H3,(H,30,34)/t24-,27?/m0/s1. The first-order chi connectivity index (χ1) is 18.7. The van der Waals surface area contributed by atoms with Crippen molar-refractivity contribution in [3.05, 3.63) is 36.9 Å². The summed E-state index contributed by atoms with van der Waals surface area (Å²) in [5, 5.41) is 2.29. The van der Waals surface area contributed by atoms with E-state index in [9.17, 15) is 14.4 Å². The number of thioether (sulfide) groups is 2. The Morgan fingerprint density at radius 2 is 1.74 bits per heavy atom. The lowest BCUT2D eigenvalue weighted by atomic mass is 9.91. The molecule has 3 amide bonds. The van der Waals surface area contributed by atoms with Crippen LogP contribution in [0, 0.1) is 12.5 Å². The number of ether oxygens (including phenoxy) is 1. The fourth-order valence-electron chi connectivity index (χ4n) is 5.25. The minimum atomic E-state index is -0.742. The van der Waals surface area contributed by atoms with Crippen LogP contribution in [0.3, 0.4) is 0 Å². The van der Waals surface area contributed by atoms with Crippen molar-refractivity contribution in [3.8, 4) is 0 Å². The zero-order chi connectivity index (χ0) is 27.8. The van der Waals surface area contributed by atoms with E-state index in [-0.39, 0.29) is 11.8 Å². The fourth-order valence-corrected chi connectivity index (χ4v) is 7.49. The predicted octanol–water partition coefficient (Wildman–Crippen LogP) is 4.61. The highest BCUT2D eigenvalue weighted by molar-refractivity contribution is 8.01. The van der Waals surface area contributed by atoms with E-state index in [1.165, 1.54) is 48.8 Å². The van der Waals surface area contributed by atoms with Gasteiger partial charge >= 0.3 is 6.09 Å². The highest BCUT2D eigenvalue weighted by atomic mass is 32.2. The topological polar surface area (TPSA) is 82.2 Å². The average molecular weight is 576 g/mol. The number of rotatable bonds is 8. The fraction of sp³-hybridized carbons (Fsp3) is 0.655. The number of hydrogen-bond acceptors (Lipinski definition) is 7.